The number of H-pyrrole nitrogens is 1. The van der Waals surface area contributed by atoms with E-state index in [9.17, 15) is 4.79 Å². The molecule has 2 aromatic rings. The maximum absolute atomic E-state index is 10.9. The number of ether oxygens (including phenoxy) is 1. The van der Waals surface area contributed by atoms with Crippen LogP contribution in [0.5, 0.6) is 0 Å². The van der Waals surface area contributed by atoms with Crippen molar-refractivity contribution in [2.45, 2.75) is 0 Å². The van der Waals surface area contributed by atoms with Gasteiger partial charge in [0.05, 0.1) is 24.1 Å². The second kappa shape index (κ2) is 4.85. The number of nitrogens with zero attached hydrogens (tertiary/aromatic N) is 1. The zero-order valence-corrected chi connectivity index (χ0v) is 10.5. The SMILES string of the molecule is N=c1c(C=O)c[nH]c2ccc(N3CCOCC3)cc12. The van der Waals surface area contributed by atoms with Gasteiger partial charge < -0.3 is 14.6 Å². The summed E-state index contributed by atoms with van der Waals surface area (Å²) >= 11 is 0. The summed E-state index contributed by atoms with van der Waals surface area (Å²) in [7, 11) is 0. The molecule has 0 atom stereocenters. The number of nitrogens with one attached hydrogen (secondary N) is 2. The van der Waals surface area contributed by atoms with Gasteiger partial charge in [-0.05, 0) is 18.2 Å². The number of carbonyl (C=O) groups is 1. The van der Waals surface area contributed by atoms with E-state index in [1.54, 1.807) is 6.20 Å². The molecule has 1 aliphatic heterocycles. The molecule has 0 radical (unpaired) electrons. The van der Waals surface area contributed by atoms with Gasteiger partial charge in [-0.3, -0.25) is 10.2 Å². The number of pyridine rings is 1. The monoisotopic (exact) mass is 257 g/mol. The lowest BCUT2D eigenvalue weighted by atomic mass is 10.1. The average Bonchev–Trinajstić information content (AvgIpc) is 2.48. The summed E-state index contributed by atoms with van der Waals surface area (Å²) in [6.45, 7) is 3.17. The molecule has 5 heteroatoms. The largest absolute Gasteiger partial charge is 0.378 e. The number of aldehydes is 1. The van der Waals surface area contributed by atoms with Crippen LogP contribution in [-0.2, 0) is 4.74 Å². The Morgan fingerprint density at radius 1 is 1.32 bits per heavy atom. The molecule has 0 spiro atoms. The maximum atomic E-state index is 10.9. The van der Waals surface area contributed by atoms with E-state index in [4.69, 9.17) is 10.1 Å². The van der Waals surface area contributed by atoms with E-state index in [2.05, 4.69) is 9.88 Å². The highest BCUT2D eigenvalue weighted by Gasteiger charge is 2.12. The van der Waals surface area contributed by atoms with Crippen LogP contribution in [0.3, 0.4) is 0 Å². The van der Waals surface area contributed by atoms with Crippen molar-refractivity contribution in [1.82, 2.24) is 4.98 Å². The molecule has 0 saturated carbocycles. The van der Waals surface area contributed by atoms with Crippen molar-refractivity contribution in [3.63, 3.8) is 0 Å². The Morgan fingerprint density at radius 2 is 2.11 bits per heavy atom. The molecule has 1 aliphatic rings. The molecule has 1 aromatic heterocycles. The van der Waals surface area contributed by atoms with Gasteiger partial charge in [0, 0.05) is 35.9 Å². The minimum absolute atomic E-state index is 0.277. The van der Waals surface area contributed by atoms with E-state index >= 15 is 0 Å². The van der Waals surface area contributed by atoms with Crippen molar-refractivity contribution in [3.8, 4) is 0 Å². The van der Waals surface area contributed by atoms with Crippen LogP contribution in [0.15, 0.2) is 24.4 Å². The fourth-order valence-corrected chi connectivity index (χ4v) is 2.36. The average molecular weight is 257 g/mol. The third-order valence-electron chi connectivity index (χ3n) is 3.45. The number of morpholine rings is 1. The van der Waals surface area contributed by atoms with Crippen LogP contribution in [-0.4, -0.2) is 37.6 Å². The Kier molecular flexibility index (Phi) is 3.05. The number of carbonyl (C=O) groups excluding carboxylic acids is 1. The van der Waals surface area contributed by atoms with Crippen molar-refractivity contribution >= 4 is 22.9 Å². The predicted octanol–water partition coefficient (Wildman–Crippen LogP) is 1.30. The smallest absolute Gasteiger partial charge is 0.153 e. The summed E-state index contributed by atoms with van der Waals surface area (Å²) in [5, 5.41) is 9.10. The van der Waals surface area contributed by atoms with E-state index in [1.807, 2.05) is 18.2 Å². The fourth-order valence-electron chi connectivity index (χ4n) is 2.36. The van der Waals surface area contributed by atoms with Crippen LogP contribution in [0.25, 0.3) is 10.9 Å². The number of aromatic nitrogens is 1. The molecular formula is C14H15N3O2. The molecule has 2 heterocycles. The number of hydrogen-bond donors (Lipinski definition) is 2. The summed E-state index contributed by atoms with van der Waals surface area (Å²) in [4.78, 5) is 16.2. The van der Waals surface area contributed by atoms with Gasteiger partial charge in [0.1, 0.15) is 0 Å². The van der Waals surface area contributed by atoms with Crippen molar-refractivity contribution in [2.24, 2.45) is 0 Å². The van der Waals surface area contributed by atoms with Gasteiger partial charge >= 0.3 is 0 Å². The highest BCUT2D eigenvalue weighted by molar-refractivity contribution is 5.87. The Bertz CT molecular complexity index is 672. The van der Waals surface area contributed by atoms with Gasteiger partial charge in [-0.15, -0.1) is 0 Å². The molecule has 19 heavy (non-hydrogen) atoms. The third-order valence-corrected chi connectivity index (χ3v) is 3.45. The summed E-state index contributed by atoms with van der Waals surface area (Å²) < 4.78 is 5.34. The summed E-state index contributed by atoms with van der Waals surface area (Å²) in [5.41, 5.74) is 2.32. The number of aromatic amines is 1. The Labute approximate surface area is 110 Å². The van der Waals surface area contributed by atoms with Crippen molar-refractivity contribution in [3.05, 3.63) is 35.3 Å². The van der Waals surface area contributed by atoms with Gasteiger partial charge in [-0.2, -0.15) is 0 Å². The van der Waals surface area contributed by atoms with Crippen LogP contribution < -0.4 is 10.3 Å². The Morgan fingerprint density at radius 3 is 2.84 bits per heavy atom. The summed E-state index contributed by atoms with van der Waals surface area (Å²) in [6.07, 6.45) is 2.28. The molecule has 3 rings (SSSR count). The van der Waals surface area contributed by atoms with E-state index < -0.39 is 0 Å². The van der Waals surface area contributed by atoms with Gasteiger partial charge in [-0.1, -0.05) is 0 Å². The number of hydrogen-bond acceptors (Lipinski definition) is 4. The first-order valence-electron chi connectivity index (χ1n) is 6.27. The zero-order valence-electron chi connectivity index (χ0n) is 10.5. The minimum atomic E-state index is 0.277. The van der Waals surface area contributed by atoms with E-state index in [1.165, 1.54) is 0 Å². The van der Waals surface area contributed by atoms with Crippen LogP contribution in [0, 0.1) is 5.41 Å². The quantitative estimate of drug-likeness (QED) is 0.797. The molecule has 1 fully saturated rings. The molecule has 5 nitrogen and oxygen atoms in total. The van der Waals surface area contributed by atoms with E-state index in [0.717, 1.165) is 42.9 Å². The maximum Gasteiger partial charge on any atom is 0.153 e. The molecule has 98 valence electrons. The summed E-state index contributed by atoms with van der Waals surface area (Å²) in [6, 6.07) is 5.95. The van der Waals surface area contributed by atoms with Crippen molar-refractivity contribution in [1.29, 1.82) is 5.41 Å². The standard InChI is InChI=1S/C14H15N3O2/c15-14-10(9-18)8-16-13-2-1-11(7-12(13)14)17-3-5-19-6-4-17/h1-2,7-9H,3-6H2,(H2,15,16). The van der Waals surface area contributed by atoms with Gasteiger partial charge in [0.2, 0.25) is 0 Å². The molecule has 1 aromatic carbocycles. The molecule has 0 amide bonds. The normalized spacial score (nSPS) is 15.7. The molecule has 0 bridgehead atoms. The van der Waals surface area contributed by atoms with Gasteiger partial charge in [0.25, 0.3) is 0 Å². The van der Waals surface area contributed by atoms with Gasteiger partial charge in [-0.25, -0.2) is 0 Å². The highest BCUT2D eigenvalue weighted by Crippen LogP contribution is 2.20. The molecular weight excluding hydrogens is 242 g/mol. The third kappa shape index (κ3) is 2.13. The van der Waals surface area contributed by atoms with Crippen LogP contribution in [0.4, 0.5) is 5.69 Å². The lowest BCUT2D eigenvalue weighted by Crippen LogP contribution is -2.36. The predicted molar refractivity (Wildman–Crippen MR) is 72.6 cm³/mol. The van der Waals surface area contributed by atoms with Crippen LogP contribution >= 0.6 is 0 Å². The number of anilines is 1. The van der Waals surface area contributed by atoms with E-state index in [0.29, 0.717) is 11.8 Å². The Balaban J connectivity index is 2.10. The highest BCUT2D eigenvalue weighted by atomic mass is 16.5. The number of benzene rings is 1. The van der Waals surface area contributed by atoms with Crippen molar-refractivity contribution < 1.29 is 9.53 Å². The number of rotatable bonds is 2. The molecule has 0 unspecified atom stereocenters. The lowest BCUT2D eigenvalue weighted by Gasteiger charge is -2.29. The molecule has 2 N–H and O–H groups in total. The molecule has 1 saturated heterocycles. The second-order valence-electron chi connectivity index (χ2n) is 4.57. The minimum Gasteiger partial charge on any atom is -0.378 e. The topological polar surface area (TPSA) is 69.2 Å². The molecule has 0 aliphatic carbocycles. The van der Waals surface area contributed by atoms with E-state index in [-0.39, 0.29) is 5.36 Å². The number of fused-ring (bicyclic) bond motifs is 1. The zero-order chi connectivity index (χ0) is 13.2. The van der Waals surface area contributed by atoms with Crippen LogP contribution in [0.2, 0.25) is 0 Å². The first-order valence-corrected chi connectivity index (χ1v) is 6.27. The lowest BCUT2D eigenvalue weighted by molar-refractivity contribution is 0.112. The first-order chi connectivity index (χ1) is 9.29. The fraction of sp³-hybridized carbons (Fsp3) is 0.286. The van der Waals surface area contributed by atoms with Crippen molar-refractivity contribution in [2.75, 3.05) is 31.2 Å². The second-order valence-corrected chi connectivity index (χ2v) is 4.57. The Hall–Kier alpha value is -2.14. The first kappa shape index (κ1) is 11.9. The summed E-state index contributed by atoms with van der Waals surface area (Å²) in [5.74, 6) is 0. The van der Waals surface area contributed by atoms with Gasteiger partial charge in [0.15, 0.2) is 6.29 Å². The van der Waals surface area contributed by atoms with Crippen LogP contribution in [0.1, 0.15) is 10.4 Å².